The molecule has 0 spiro atoms. The Balaban J connectivity index is 2.56. The van der Waals surface area contributed by atoms with E-state index in [0.717, 1.165) is 19.3 Å². The maximum atomic E-state index is 12.3. The van der Waals surface area contributed by atoms with Gasteiger partial charge in [-0.3, -0.25) is 4.79 Å². The molecule has 0 bridgehead atoms. The molecule has 0 fully saturated rings. The summed E-state index contributed by atoms with van der Waals surface area (Å²) >= 11 is 0. The van der Waals surface area contributed by atoms with Crippen molar-refractivity contribution in [1.29, 1.82) is 0 Å². The Morgan fingerprint density at radius 1 is 1.47 bits per heavy atom. The van der Waals surface area contributed by atoms with Crippen LogP contribution < -0.4 is 0 Å². The average molecular weight is 270 g/mol. The van der Waals surface area contributed by atoms with Crippen LogP contribution in [0, 0.1) is 0 Å². The highest BCUT2D eigenvalue weighted by molar-refractivity contribution is 6.36. The summed E-state index contributed by atoms with van der Waals surface area (Å²) in [6, 6.07) is 0.0711. The van der Waals surface area contributed by atoms with Crippen LogP contribution in [0.1, 0.15) is 46.5 Å². The number of oxime groups is 1. The molecule has 0 aromatic rings. The van der Waals surface area contributed by atoms with E-state index < -0.39 is 12.1 Å². The first kappa shape index (κ1) is 15.5. The normalized spacial score (nSPS) is 18.1. The smallest absolute Gasteiger partial charge is 0.353 e. The van der Waals surface area contributed by atoms with Crippen molar-refractivity contribution in [3.63, 3.8) is 0 Å². The van der Waals surface area contributed by atoms with Crippen molar-refractivity contribution < 1.29 is 19.5 Å². The summed E-state index contributed by atoms with van der Waals surface area (Å²) in [7, 11) is 0. The number of carbonyl (C=O) groups excluding carboxylic acids is 1. The molecule has 0 aromatic heterocycles. The molecule has 1 N–H and O–H groups in total. The van der Waals surface area contributed by atoms with Crippen molar-refractivity contribution in [3.8, 4) is 0 Å². The second-order valence-electron chi connectivity index (χ2n) is 4.97. The second-order valence-corrected chi connectivity index (χ2v) is 4.97. The molecule has 108 valence electrons. The average Bonchev–Trinajstić information content (AvgIpc) is 2.83. The predicted molar refractivity (Wildman–Crippen MR) is 70.9 cm³/mol. The van der Waals surface area contributed by atoms with E-state index in [1.54, 1.807) is 4.90 Å². The summed E-state index contributed by atoms with van der Waals surface area (Å²) in [6.45, 7) is 6.66. The van der Waals surface area contributed by atoms with Gasteiger partial charge in [-0.15, -0.1) is 0 Å². The van der Waals surface area contributed by atoms with Crippen molar-refractivity contribution in [2.75, 3.05) is 6.54 Å². The predicted octanol–water partition coefficient (Wildman–Crippen LogP) is 1.64. The molecule has 6 heteroatoms. The number of rotatable bonds is 7. The summed E-state index contributed by atoms with van der Waals surface area (Å²) in [5.41, 5.74) is -0.0874. The molecule has 6 nitrogen and oxygen atoms in total. The highest BCUT2D eigenvalue weighted by atomic mass is 16.6. The molecule has 0 aliphatic carbocycles. The van der Waals surface area contributed by atoms with E-state index in [1.165, 1.54) is 0 Å². The van der Waals surface area contributed by atoms with Gasteiger partial charge >= 0.3 is 5.97 Å². The molecule has 1 unspecified atom stereocenters. The number of hydrogen-bond acceptors (Lipinski definition) is 4. The molecular weight excluding hydrogens is 248 g/mol. The SMILES string of the molecule is CCCCCN(C(=O)C1CC(C(=O)O)=NO1)C(C)C. The zero-order valence-corrected chi connectivity index (χ0v) is 11.8. The third-order valence-corrected chi connectivity index (χ3v) is 3.10. The molecule has 1 amide bonds. The van der Waals surface area contributed by atoms with E-state index >= 15 is 0 Å². The Morgan fingerprint density at radius 2 is 2.16 bits per heavy atom. The Kier molecular flexibility index (Phi) is 5.79. The van der Waals surface area contributed by atoms with Gasteiger partial charge in [0.2, 0.25) is 6.10 Å². The van der Waals surface area contributed by atoms with Crippen molar-refractivity contribution in [2.45, 2.75) is 58.6 Å². The number of aliphatic carboxylic acids is 1. The van der Waals surface area contributed by atoms with Gasteiger partial charge in [0.1, 0.15) is 0 Å². The first-order chi connectivity index (χ1) is 8.97. The summed E-state index contributed by atoms with van der Waals surface area (Å²) in [4.78, 5) is 29.7. The van der Waals surface area contributed by atoms with Gasteiger partial charge in [-0.1, -0.05) is 24.9 Å². The van der Waals surface area contributed by atoms with E-state index in [4.69, 9.17) is 9.94 Å². The lowest BCUT2D eigenvalue weighted by molar-refractivity contribution is -0.144. The topological polar surface area (TPSA) is 79.2 Å². The number of carbonyl (C=O) groups is 2. The third-order valence-electron chi connectivity index (χ3n) is 3.10. The lowest BCUT2D eigenvalue weighted by Gasteiger charge is -2.28. The number of unbranched alkanes of at least 4 members (excludes halogenated alkanes) is 2. The van der Waals surface area contributed by atoms with Crippen LogP contribution in [0.3, 0.4) is 0 Å². The number of amides is 1. The fraction of sp³-hybridized carbons (Fsp3) is 0.769. The van der Waals surface area contributed by atoms with Gasteiger partial charge in [-0.05, 0) is 20.3 Å². The highest BCUT2D eigenvalue weighted by Crippen LogP contribution is 2.16. The van der Waals surface area contributed by atoms with Crippen molar-refractivity contribution in [2.24, 2.45) is 5.16 Å². The van der Waals surface area contributed by atoms with Gasteiger partial charge in [0.15, 0.2) is 5.71 Å². The van der Waals surface area contributed by atoms with E-state index in [-0.39, 0.29) is 24.1 Å². The monoisotopic (exact) mass is 270 g/mol. The Labute approximate surface area is 113 Å². The van der Waals surface area contributed by atoms with Crippen LogP contribution in [0.5, 0.6) is 0 Å². The molecule has 1 atom stereocenters. The van der Waals surface area contributed by atoms with E-state index in [1.807, 2.05) is 13.8 Å². The highest BCUT2D eigenvalue weighted by Gasteiger charge is 2.35. The van der Waals surface area contributed by atoms with Crippen molar-refractivity contribution >= 4 is 17.6 Å². The molecule has 1 aliphatic heterocycles. The Hall–Kier alpha value is -1.59. The van der Waals surface area contributed by atoms with Crippen LogP contribution in [0.25, 0.3) is 0 Å². The maximum Gasteiger partial charge on any atom is 0.353 e. The summed E-state index contributed by atoms with van der Waals surface area (Å²) in [5.74, 6) is -1.30. The Morgan fingerprint density at radius 3 is 2.63 bits per heavy atom. The Bertz CT molecular complexity index is 366. The zero-order chi connectivity index (χ0) is 14.4. The summed E-state index contributed by atoms with van der Waals surface area (Å²) in [6.07, 6.45) is 2.37. The fourth-order valence-corrected chi connectivity index (χ4v) is 1.98. The molecule has 1 rings (SSSR count). The number of carboxylic acids is 1. The fourth-order valence-electron chi connectivity index (χ4n) is 1.98. The zero-order valence-electron chi connectivity index (χ0n) is 11.8. The second kappa shape index (κ2) is 7.11. The maximum absolute atomic E-state index is 12.3. The first-order valence-corrected chi connectivity index (χ1v) is 6.73. The van der Waals surface area contributed by atoms with E-state index in [0.29, 0.717) is 6.54 Å². The van der Waals surface area contributed by atoms with E-state index in [2.05, 4.69) is 12.1 Å². The molecule has 0 radical (unpaired) electrons. The van der Waals surface area contributed by atoms with Gasteiger partial charge in [0, 0.05) is 19.0 Å². The van der Waals surface area contributed by atoms with Crippen LogP contribution >= 0.6 is 0 Å². The third kappa shape index (κ3) is 4.22. The van der Waals surface area contributed by atoms with Crippen LogP contribution in [-0.2, 0) is 14.4 Å². The number of carboxylic acid groups (broad SMARTS) is 1. The molecule has 0 saturated heterocycles. The van der Waals surface area contributed by atoms with Crippen LogP contribution in [0.15, 0.2) is 5.16 Å². The molecule has 0 saturated carbocycles. The van der Waals surface area contributed by atoms with Gasteiger partial charge in [0.25, 0.3) is 5.91 Å². The van der Waals surface area contributed by atoms with Crippen LogP contribution in [-0.4, -0.2) is 46.3 Å². The first-order valence-electron chi connectivity index (χ1n) is 6.73. The molecule has 1 heterocycles. The minimum absolute atomic E-state index is 0.0468. The van der Waals surface area contributed by atoms with Crippen molar-refractivity contribution in [3.05, 3.63) is 0 Å². The van der Waals surface area contributed by atoms with Crippen LogP contribution in [0.4, 0.5) is 0 Å². The minimum atomic E-state index is -1.13. The quantitative estimate of drug-likeness (QED) is 0.713. The number of hydrogen-bond donors (Lipinski definition) is 1. The standard InChI is InChI=1S/C13H22N2O4/c1-4-5-6-7-15(9(2)3)12(16)11-8-10(13(17)18)14-19-11/h9,11H,4-8H2,1-3H3,(H,17,18). The van der Waals surface area contributed by atoms with Gasteiger partial charge in [0.05, 0.1) is 0 Å². The molecule has 0 aromatic carbocycles. The van der Waals surface area contributed by atoms with Gasteiger partial charge < -0.3 is 14.8 Å². The van der Waals surface area contributed by atoms with Crippen molar-refractivity contribution in [1.82, 2.24) is 4.90 Å². The molecule has 1 aliphatic rings. The minimum Gasteiger partial charge on any atom is -0.477 e. The van der Waals surface area contributed by atoms with Gasteiger partial charge in [-0.25, -0.2) is 4.79 Å². The summed E-state index contributed by atoms with van der Waals surface area (Å²) in [5, 5.41) is 12.2. The lowest BCUT2D eigenvalue weighted by atomic mass is 10.1. The number of nitrogens with zero attached hydrogens (tertiary/aromatic N) is 2. The van der Waals surface area contributed by atoms with Crippen LogP contribution in [0.2, 0.25) is 0 Å². The molecular formula is C13H22N2O4. The van der Waals surface area contributed by atoms with Gasteiger partial charge in [-0.2, -0.15) is 0 Å². The van der Waals surface area contributed by atoms with E-state index in [9.17, 15) is 9.59 Å². The lowest BCUT2D eigenvalue weighted by Crippen LogP contribution is -2.44. The molecule has 19 heavy (non-hydrogen) atoms. The largest absolute Gasteiger partial charge is 0.477 e. The summed E-state index contributed by atoms with van der Waals surface area (Å²) < 4.78 is 0.